The van der Waals surface area contributed by atoms with Gasteiger partial charge in [-0.25, -0.2) is 9.48 Å². The van der Waals surface area contributed by atoms with Gasteiger partial charge in [-0.2, -0.15) is 5.10 Å². The van der Waals surface area contributed by atoms with Crippen molar-refractivity contribution in [1.82, 2.24) is 14.7 Å². The van der Waals surface area contributed by atoms with Gasteiger partial charge in [-0.05, 0) is 43.2 Å². The third-order valence-electron chi connectivity index (χ3n) is 3.88. The van der Waals surface area contributed by atoms with Crippen molar-refractivity contribution in [1.29, 1.82) is 0 Å². The first-order chi connectivity index (χ1) is 10.1. The average Bonchev–Trinajstić information content (AvgIpc) is 2.98. The summed E-state index contributed by atoms with van der Waals surface area (Å²) in [5.41, 5.74) is 2.07. The summed E-state index contributed by atoms with van der Waals surface area (Å²) in [6.45, 7) is 1.18. The Kier molecular flexibility index (Phi) is 3.96. The van der Waals surface area contributed by atoms with Crippen LogP contribution in [0.3, 0.4) is 0 Å². The molecule has 1 N–H and O–H groups in total. The Morgan fingerprint density at radius 1 is 1.19 bits per heavy atom. The highest BCUT2D eigenvalue weighted by atomic mass is 79.9. The van der Waals surface area contributed by atoms with Crippen LogP contribution in [0.2, 0.25) is 0 Å². The fourth-order valence-electron chi connectivity index (χ4n) is 2.66. The van der Waals surface area contributed by atoms with Gasteiger partial charge in [-0.1, -0.05) is 15.9 Å². The number of halogens is 1. The summed E-state index contributed by atoms with van der Waals surface area (Å²) in [5, 5.41) is 13.6. The number of rotatable bonds is 2. The minimum Gasteiger partial charge on any atom is -0.465 e. The molecule has 110 valence electrons. The van der Waals surface area contributed by atoms with Gasteiger partial charge in [0, 0.05) is 29.7 Å². The number of likely N-dealkylation sites (tertiary alicyclic amines) is 1. The normalized spacial score (nSPS) is 16.1. The van der Waals surface area contributed by atoms with Crippen LogP contribution in [0.4, 0.5) is 4.79 Å². The van der Waals surface area contributed by atoms with E-state index in [4.69, 9.17) is 5.11 Å². The molecule has 21 heavy (non-hydrogen) atoms. The first kappa shape index (κ1) is 14.1. The van der Waals surface area contributed by atoms with Gasteiger partial charge in [0.15, 0.2) is 0 Å². The highest BCUT2D eigenvalue weighted by molar-refractivity contribution is 9.10. The predicted octanol–water partition coefficient (Wildman–Crippen LogP) is 3.49. The van der Waals surface area contributed by atoms with E-state index in [1.807, 2.05) is 41.2 Å². The predicted molar refractivity (Wildman–Crippen MR) is 82.8 cm³/mol. The molecular formula is C15H16BrN3O2. The van der Waals surface area contributed by atoms with Gasteiger partial charge in [0.25, 0.3) is 0 Å². The summed E-state index contributed by atoms with van der Waals surface area (Å²) in [6, 6.07) is 10.0. The maximum absolute atomic E-state index is 10.9. The SMILES string of the molecule is O=C(O)N1CCC(c2ccn(-c3ccc(Br)cc3)n2)CC1. The number of amides is 1. The van der Waals surface area contributed by atoms with E-state index in [0.29, 0.717) is 19.0 Å². The van der Waals surface area contributed by atoms with Crippen molar-refractivity contribution in [3.05, 3.63) is 46.7 Å². The lowest BCUT2D eigenvalue weighted by atomic mass is 9.94. The number of hydrogen-bond acceptors (Lipinski definition) is 2. The van der Waals surface area contributed by atoms with Crippen LogP contribution in [0.1, 0.15) is 24.5 Å². The zero-order valence-corrected chi connectivity index (χ0v) is 13.0. The van der Waals surface area contributed by atoms with Crippen LogP contribution in [0.5, 0.6) is 0 Å². The van der Waals surface area contributed by atoms with Crippen molar-refractivity contribution in [3.8, 4) is 5.69 Å². The van der Waals surface area contributed by atoms with Crippen molar-refractivity contribution in [2.75, 3.05) is 13.1 Å². The Bertz CT molecular complexity index is 631. The molecule has 6 heteroatoms. The van der Waals surface area contributed by atoms with Gasteiger partial charge in [0.2, 0.25) is 0 Å². The van der Waals surface area contributed by atoms with Crippen molar-refractivity contribution >= 4 is 22.0 Å². The number of piperidine rings is 1. The van der Waals surface area contributed by atoms with Gasteiger partial charge in [0.05, 0.1) is 11.4 Å². The van der Waals surface area contributed by atoms with E-state index >= 15 is 0 Å². The van der Waals surface area contributed by atoms with E-state index in [-0.39, 0.29) is 0 Å². The Morgan fingerprint density at radius 3 is 2.48 bits per heavy atom. The van der Waals surface area contributed by atoms with Crippen LogP contribution in [0.15, 0.2) is 41.0 Å². The molecule has 5 nitrogen and oxygen atoms in total. The zero-order valence-electron chi connectivity index (χ0n) is 11.4. The zero-order chi connectivity index (χ0) is 14.8. The Balaban J connectivity index is 1.71. The molecule has 0 radical (unpaired) electrons. The third kappa shape index (κ3) is 3.10. The van der Waals surface area contributed by atoms with Crippen LogP contribution >= 0.6 is 15.9 Å². The molecule has 0 atom stereocenters. The highest BCUT2D eigenvalue weighted by Gasteiger charge is 2.24. The molecule has 2 aromatic rings. The standard InChI is InChI=1S/C15H16BrN3O2/c16-12-1-3-13(4-2-12)19-10-7-14(17-19)11-5-8-18(9-6-11)15(20)21/h1-4,7,10-11H,5-6,8-9H2,(H,20,21). The quantitative estimate of drug-likeness (QED) is 0.902. The largest absolute Gasteiger partial charge is 0.465 e. The van der Waals surface area contributed by atoms with E-state index in [1.165, 1.54) is 4.90 Å². The maximum atomic E-state index is 10.9. The molecule has 2 heterocycles. The lowest BCUT2D eigenvalue weighted by molar-refractivity contribution is 0.131. The van der Waals surface area contributed by atoms with Crippen LogP contribution < -0.4 is 0 Å². The molecule has 3 rings (SSSR count). The number of carbonyl (C=O) groups is 1. The van der Waals surface area contributed by atoms with E-state index in [9.17, 15) is 4.79 Å². The monoisotopic (exact) mass is 349 g/mol. The molecule has 1 amide bonds. The van der Waals surface area contributed by atoms with Gasteiger partial charge in [-0.3, -0.25) is 0 Å². The fraction of sp³-hybridized carbons (Fsp3) is 0.333. The van der Waals surface area contributed by atoms with Crippen molar-refractivity contribution in [2.24, 2.45) is 0 Å². The van der Waals surface area contributed by atoms with E-state index in [1.54, 1.807) is 0 Å². The number of carboxylic acid groups (broad SMARTS) is 1. The Hall–Kier alpha value is -1.82. The van der Waals surface area contributed by atoms with E-state index in [0.717, 1.165) is 28.7 Å². The molecule has 0 bridgehead atoms. The molecule has 0 saturated carbocycles. The minimum absolute atomic E-state index is 0.345. The highest BCUT2D eigenvalue weighted by Crippen LogP contribution is 2.27. The van der Waals surface area contributed by atoms with Gasteiger partial charge in [0.1, 0.15) is 0 Å². The van der Waals surface area contributed by atoms with Gasteiger partial charge in [-0.15, -0.1) is 0 Å². The van der Waals surface area contributed by atoms with Crippen molar-refractivity contribution < 1.29 is 9.90 Å². The number of aromatic nitrogens is 2. The minimum atomic E-state index is -0.825. The lowest BCUT2D eigenvalue weighted by Gasteiger charge is -2.28. The molecule has 1 aliphatic rings. The second-order valence-electron chi connectivity index (χ2n) is 5.21. The molecule has 0 spiro atoms. The molecule has 1 fully saturated rings. The fourth-order valence-corrected chi connectivity index (χ4v) is 2.92. The molecule has 1 aromatic heterocycles. The second kappa shape index (κ2) is 5.89. The van der Waals surface area contributed by atoms with Crippen LogP contribution in [-0.2, 0) is 0 Å². The summed E-state index contributed by atoms with van der Waals surface area (Å²) >= 11 is 3.42. The first-order valence-corrected chi connectivity index (χ1v) is 7.72. The number of benzene rings is 1. The van der Waals surface area contributed by atoms with Crippen LogP contribution in [0.25, 0.3) is 5.69 Å². The van der Waals surface area contributed by atoms with Crippen molar-refractivity contribution in [3.63, 3.8) is 0 Å². The summed E-state index contributed by atoms with van der Waals surface area (Å²) in [4.78, 5) is 12.4. The van der Waals surface area contributed by atoms with Crippen molar-refractivity contribution in [2.45, 2.75) is 18.8 Å². The topological polar surface area (TPSA) is 58.4 Å². The molecule has 1 saturated heterocycles. The summed E-state index contributed by atoms with van der Waals surface area (Å²) in [7, 11) is 0. The first-order valence-electron chi connectivity index (χ1n) is 6.93. The number of hydrogen-bond donors (Lipinski definition) is 1. The van der Waals surface area contributed by atoms with E-state index in [2.05, 4.69) is 21.0 Å². The third-order valence-corrected chi connectivity index (χ3v) is 4.41. The summed E-state index contributed by atoms with van der Waals surface area (Å²) in [5.74, 6) is 0.345. The van der Waals surface area contributed by atoms with Gasteiger partial charge >= 0.3 is 6.09 Å². The van der Waals surface area contributed by atoms with E-state index < -0.39 is 6.09 Å². The average molecular weight is 350 g/mol. The Morgan fingerprint density at radius 2 is 1.86 bits per heavy atom. The molecular weight excluding hydrogens is 334 g/mol. The molecule has 1 aliphatic heterocycles. The number of nitrogens with zero attached hydrogens (tertiary/aromatic N) is 3. The lowest BCUT2D eigenvalue weighted by Crippen LogP contribution is -2.36. The van der Waals surface area contributed by atoms with Crippen LogP contribution in [0, 0.1) is 0 Å². The summed E-state index contributed by atoms with van der Waals surface area (Å²) in [6.07, 6.45) is 2.81. The van der Waals surface area contributed by atoms with Gasteiger partial charge < -0.3 is 10.0 Å². The second-order valence-corrected chi connectivity index (χ2v) is 6.12. The smallest absolute Gasteiger partial charge is 0.407 e. The summed E-state index contributed by atoms with van der Waals surface area (Å²) < 4.78 is 2.91. The molecule has 1 aromatic carbocycles. The molecule has 0 aliphatic carbocycles. The molecule has 0 unspecified atom stereocenters. The van der Waals surface area contributed by atoms with Crippen LogP contribution in [-0.4, -0.2) is 39.0 Å². The maximum Gasteiger partial charge on any atom is 0.407 e. The Labute approximate surface area is 131 Å².